The first-order valence-electron chi connectivity index (χ1n) is 29.8. The van der Waals surface area contributed by atoms with Gasteiger partial charge in [0.25, 0.3) is 16.6 Å². The number of methoxy groups -OCH3 is 2. The molecule has 0 spiro atoms. The van der Waals surface area contributed by atoms with Crippen LogP contribution in [0.25, 0.3) is 0 Å². The summed E-state index contributed by atoms with van der Waals surface area (Å²) in [7, 11) is -2.15. The van der Waals surface area contributed by atoms with Crippen molar-refractivity contribution in [3.05, 3.63) is 212 Å². The number of benzene rings is 6. The zero-order chi connectivity index (χ0) is 63.6. The molecule has 1 unspecified atom stereocenters. The van der Waals surface area contributed by atoms with E-state index in [0.717, 1.165) is 29.0 Å². The molecular weight excluding hydrogens is 1150 g/mol. The Hall–Kier alpha value is -5.83. The number of hydrogen-bond acceptors (Lipinski definition) is 8. The zero-order valence-corrected chi connectivity index (χ0v) is 56.5. The second-order valence-electron chi connectivity index (χ2n) is 23.1. The van der Waals surface area contributed by atoms with Crippen molar-refractivity contribution in [1.82, 2.24) is 0 Å². The van der Waals surface area contributed by atoms with E-state index in [4.69, 9.17) is 39.3 Å². The van der Waals surface area contributed by atoms with Crippen LogP contribution in [0, 0.1) is 42.9 Å². The quantitative estimate of drug-likeness (QED) is 0.0253. The van der Waals surface area contributed by atoms with Gasteiger partial charge in [0.15, 0.2) is 6.10 Å². The van der Waals surface area contributed by atoms with Crippen molar-refractivity contribution >= 4 is 37.4 Å². The number of halogens is 2. The molecule has 13 heteroatoms. The number of ether oxygens (including phenoxy) is 4. The first-order chi connectivity index (χ1) is 41.1. The van der Waals surface area contributed by atoms with Gasteiger partial charge in [0.1, 0.15) is 23.2 Å². The molecule has 488 valence electrons. The fourth-order valence-corrected chi connectivity index (χ4v) is 19.0. The van der Waals surface area contributed by atoms with Crippen LogP contribution < -0.4 is 49.1 Å². The van der Waals surface area contributed by atoms with Gasteiger partial charge in [0.05, 0.1) is 47.3 Å². The average molecular weight is 1260 g/mol. The minimum atomic E-state index is -2.78. The normalized spacial score (nSPS) is 13.0. The van der Waals surface area contributed by atoms with Gasteiger partial charge in [-0.25, -0.2) is 8.78 Å². The number of hydrogen-bond donors (Lipinski definition) is 2. The summed E-state index contributed by atoms with van der Waals surface area (Å²) in [4.78, 5) is 0. The average Bonchev–Trinajstić information content (AvgIpc) is 0.767. The Morgan fingerprint density at radius 2 is 0.889 bits per heavy atom. The summed E-state index contributed by atoms with van der Waals surface area (Å²) in [6.07, 6.45) is 9.33. The van der Waals surface area contributed by atoms with Gasteiger partial charge in [-0.15, -0.1) is 12.3 Å². The van der Waals surface area contributed by atoms with Crippen molar-refractivity contribution in [2.45, 2.75) is 166 Å². The molecule has 6 aromatic rings. The molecule has 2 N–H and O–H groups in total. The third-order valence-electron chi connectivity index (χ3n) is 14.5. The van der Waals surface area contributed by atoms with Crippen LogP contribution in [0.15, 0.2) is 194 Å². The topological polar surface area (TPSA) is 95.8 Å². The molecule has 0 aromatic heterocycles. The maximum absolute atomic E-state index is 15.0. The monoisotopic (exact) mass is 1260 g/mol. The van der Waals surface area contributed by atoms with Crippen LogP contribution >= 0.6 is 0 Å². The van der Waals surface area contributed by atoms with E-state index in [0.29, 0.717) is 39.3 Å². The predicted molar refractivity (Wildman–Crippen MR) is 378 cm³/mol. The maximum Gasteiger partial charge on any atom is 1.00 e. The summed E-state index contributed by atoms with van der Waals surface area (Å²) in [6.45, 7) is 28.3. The molecule has 0 saturated heterocycles. The Bertz CT molecular complexity index is 2870. The van der Waals surface area contributed by atoms with E-state index in [-0.39, 0.29) is 75.3 Å². The number of aliphatic hydroxyl groups is 2. The van der Waals surface area contributed by atoms with Gasteiger partial charge >= 0.3 is 18.9 Å². The van der Waals surface area contributed by atoms with Crippen LogP contribution in [0.1, 0.15) is 135 Å². The van der Waals surface area contributed by atoms with Gasteiger partial charge in [-0.3, -0.25) is 0 Å². The molecule has 6 rings (SSSR count). The zero-order valence-electron chi connectivity index (χ0n) is 54.5. The summed E-state index contributed by atoms with van der Waals surface area (Å²) in [5.74, 6) is 7.98. The molecule has 0 saturated carbocycles. The molecule has 0 fully saturated rings. The second kappa shape index (κ2) is 45.4. The smallest absolute Gasteiger partial charge is 0.497 e. The first-order valence-corrected chi connectivity index (χ1v) is 33.6. The van der Waals surface area contributed by atoms with Crippen LogP contribution in [0.3, 0.4) is 0 Å². The summed E-state index contributed by atoms with van der Waals surface area (Å²) >= 11 is 0. The molecule has 0 heterocycles. The van der Waals surface area contributed by atoms with E-state index < -0.39 is 41.0 Å². The maximum atomic E-state index is 15.0. The van der Waals surface area contributed by atoms with Crippen molar-refractivity contribution in [1.29, 1.82) is 0 Å². The molecule has 0 aliphatic heterocycles. The minimum Gasteiger partial charge on any atom is -0.497 e. The summed E-state index contributed by atoms with van der Waals surface area (Å²) < 4.78 is 63.8. The van der Waals surface area contributed by atoms with Gasteiger partial charge in [-0.1, -0.05) is 248 Å². The third kappa shape index (κ3) is 27.6. The third-order valence-corrected chi connectivity index (χ3v) is 24.8. The fraction of sp³-hybridized carbons (Fsp3) is 0.416. The second-order valence-corrected chi connectivity index (χ2v) is 31.6. The van der Waals surface area contributed by atoms with Crippen LogP contribution in [-0.2, 0) is 31.5 Å². The molecule has 90 heavy (non-hydrogen) atoms. The Balaban J connectivity index is 0. The largest absolute Gasteiger partial charge is 1.00 e. The number of rotatable bonds is 25. The molecule has 0 amide bonds. The minimum absolute atomic E-state index is 0. The summed E-state index contributed by atoms with van der Waals surface area (Å²) in [5.41, 5.74) is 2.15. The van der Waals surface area contributed by atoms with E-state index in [1.165, 1.54) is 39.3 Å². The van der Waals surface area contributed by atoms with Crippen molar-refractivity contribution in [3.63, 3.8) is 0 Å². The molecular formula is C77H109F2LiO8Si2. The van der Waals surface area contributed by atoms with E-state index in [2.05, 4.69) is 146 Å². The number of aliphatic hydroxyl groups excluding tert-OH is 2. The van der Waals surface area contributed by atoms with Gasteiger partial charge < -0.3 is 44.9 Å². The molecule has 5 atom stereocenters. The van der Waals surface area contributed by atoms with Gasteiger partial charge in [-0.2, -0.15) is 6.42 Å². The van der Waals surface area contributed by atoms with Crippen LogP contribution in [-0.4, -0.2) is 79.2 Å². The Labute approximate surface area is 558 Å². The fourth-order valence-electron chi connectivity index (χ4n) is 9.42. The molecule has 0 aliphatic rings. The summed E-state index contributed by atoms with van der Waals surface area (Å²) in [5, 5.41) is 23.8. The Morgan fingerprint density at radius 1 is 0.567 bits per heavy atom. The van der Waals surface area contributed by atoms with Crippen LogP contribution in [0.5, 0.6) is 11.5 Å². The summed E-state index contributed by atoms with van der Waals surface area (Å²) in [6, 6.07) is 57.0. The molecule has 0 bridgehead atoms. The van der Waals surface area contributed by atoms with Crippen LogP contribution in [0.4, 0.5) is 8.78 Å². The van der Waals surface area contributed by atoms with E-state index in [9.17, 15) is 9.50 Å². The standard InChI is InChI=1S/C35H43FO4Si.C23H31FO2Si.C12H14O2.C4H9.3CH4.Li/c1-27(25-33(36)34(37)19-13-14-24-39-26-29-20-22-30(38-6)23-21-29)28(2)40-41(35(3,4)5,31-15-9-7-10-16-31)32-17-11-8-12-18-32;1-18(16-20(24)17-25)19(2)26-27(23(3,4)5,21-12-8-6-9-13-21)22-14-10-7-11-15-22;1-3-4-9-14-10-11-5-7-12(13-2)8-6-11;1-3-4-2;;;;/h7-12,15-18,20-23,25,27-28,34,37H,14,24,26H2,1-6H3;6-16,18-19,25H,17H2,1-5H3;1,5-8H,4,9-10H2,2H3;1,3-4H2,2H3;3*1H4;/q;;;-1;;;;+1/b33-25+;20-16+;;;;;;/t27-,28+,34?;18-,19+;;;;;;/m11....../s1. The van der Waals surface area contributed by atoms with Gasteiger partial charge in [0.2, 0.25) is 0 Å². The molecule has 8 nitrogen and oxygen atoms in total. The van der Waals surface area contributed by atoms with Crippen molar-refractivity contribution in [2.75, 3.05) is 34.0 Å². The Kier molecular flexibility index (Phi) is 43.5. The van der Waals surface area contributed by atoms with E-state index in [1.807, 2.05) is 125 Å². The Morgan fingerprint density at radius 3 is 1.18 bits per heavy atom. The van der Waals surface area contributed by atoms with E-state index >= 15 is 4.39 Å². The number of terminal acetylenes is 1. The molecule has 6 aromatic carbocycles. The van der Waals surface area contributed by atoms with Gasteiger partial charge in [-0.05, 0) is 92.2 Å². The van der Waals surface area contributed by atoms with Gasteiger partial charge in [0, 0.05) is 36.9 Å². The first kappa shape index (κ1) is 86.2. The van der Waals surface area contributed by atoms with Crippen LogP contribution in [0.2, 0.25) is 10.1 Å². The predicted octanol–water partition coefficient (Wildman–Crippen LogP) is 13.6. The van der Waals surface area contributed by atoms with Crippen molar-refractivity contribution < 1.29 is 65.7 Å². The van der Waals surface area contributed by atoms with Crippen molar-refractivity contribution in [3.8, 4) is 35.7 Å². The van der Waals surface area contributed by atoms with E-state index in [1.54, 1.807) is 14.2 Å². The SMILES string of the molecule is C.C.C.C#CCCOCc1ccc(OC)cc1.COc1ccc(COCCC#CC(O)/C(F)=C\[C@@H](C)[C@H](C)O[Si](c2ccccc2)(c2ccccc2)C(C)(C)C)cc1.C[C@H](/C=C(/F)CO)[C@H](C)O[Si](c1ccccc1)(c1ccccc1)C(C)(C)C.[CH2-]CCC.[Li+]. The number of unbranched alkanes of at least 4 members (excludes halogenated alkanes) is 1. The molecule has 0 radical (unpaired) electrons. The van der Waals surface area contributed by atoms with Crippen molar-refractivity contribution in [2.24, 2.45) is 11.8 Å². The molecule has 0 aliphatic carbocycles.